The number of aliphatic imine (C=N–C) groups is 1. The van der Waals surface area contributed by atoms with Crippen molar-refractivity contribution < 1.29 is 9.53 Å². The molecule has 1 aliphatic carbocycles. The molecule has 2 N–H and O–H groups in total. The molecule has 6 heteroatoms. The van der Waals surface area contributed by atoms with Crippen LogP contribution in [0.25, 0.3) is 0 Å². The van der Waals surface area contributed by atoms with E-state index in [4.69, 9.17) is 9.73 Å². The number of benzene rings is 1. The fraction of sp³-hybridized carbons (Fsp3) is 0.652. The number of carbonyl (C=O) groups is 1. The van der Waals surface area contributed by atoms with E-state index in [0.717, 1.165) is 61.7 Å². The summed E-state index contributed by atoms with van der Waals surface area (Å²) in [6, 6.07) is 6.43. The molecule has 2 aliphatic rings. The average Bonchev–Trinajstić information content (AvgIpc) is 3.21. The van der Waals surface area contributed by atoms with Crippen LogP contribution < -0.4 is 15.4 Å². The summed E-state index contributed by atoms with van der Waals surface area (Å²) in [5, 5.41) is 6.87. The molecule has 1 amide bonds. The number of hydrogen-bond donors (Lipinski definition) is 2. The minimum Gasteiger partial charge on any atom is -0.496 e. The van der Waals surface area contributed by atoms with Gasteiger partial charge in [0.15, 0.2) is 5.96 Å². The zero-order valence-corrected chi connectivity index (χ0v) is 18.2. The molecule has 1 aliphatic heterocycles. The molecule has 0 bridgehead atoms. The third-order valence-corrected chi connectivity index (χ3v) is 6.02. The van der Waals surface area contributed by atoms with Crippen LogP contribution in [0, 0.1) is 12.8 Å². The summed E-state index contributed by atoms with van der Waals surface area (Å²) in [7, 11) is 1.69. The van der Waals surface area contributed by atoms with Crippen LogP contribution in [0.2, 0.25) is 0 Å². The van der Waals surface area contributed by atoms with Crippen LogP contribution in [-0.2, 0) is 11.3 Å². The summed E-state index contributed by atoms with van der Waals surface area (Å²) in [5.74, 6) is 2.33. The van der Waals surface area contributed by atoms with E-state index in [2.05, 4.69) is 34.6 Å². The summed E-state index contributed by atoms with van der Waals surface area (Å²) >= 11 is 0. The van der Waals surface area contributed by atoms with Crippen molar-refractivity contribution in [2.24, 2.45) is 10.9 Å². The first-order chi connectivity index (χ1) is 14.1. The third-order valence-electron chi connectivity index (χ3n) is 6.02. The maximum absolute atomic E-state index is 12.8. The van der Waals surface area contributed by atoms with E-state index in [9.17, 15) is 4.79 Å². The molecule has 0 radical (unpaired) electrons. The molecular weight excluding hydrogens is 364 g/mol. The molecule has 1 saturated carbocycles. The zero-order chi connectivity index (χ0) is 20.6. The molecule has 6 nitrogen and oxygen atoms in total. The smallest absolute Gasteiger partial charge is 0.225 e. The minimum absolute atomic E-state index is 0.253. The Bertz CT molecular complexity index is 713. The van der Waals surface area contributed by atoms with E-state index in [1.54, 1.807) is 7.11 Å². The normalized spacial score (nSPS) is 20.6. The number of carbonyl (C=O) groups excluding carboxylic acids is 1. The number of amides is 1. The third kappa shape index (κ3) is 5.87. The highest BCUT2D eigenvalue weighted by Gasteiger charge is 2.31. The second kappa shape index (κ2) is 10.5. The van der Waals surface area contributed by atoms with E-state index < -0.39 is 0 Å². The van der Waals surface area contributed by atoms with Crippen LogP contribution in [-0.4, -0.2) is 49.6 Å². The monoisotopic (exact) mass is 400 g/mol. The Hall–Kier alpha value is -2.24. The second-order valence-corrected chi connectivity index (χ2v) is 8.25. The van der Waals surface area contributed by atoms with Crippen molar-refractivity contribution in [2.45, 2.75) is 65.0 Å². The predicted molar refractivity (Wildman–Crippen MR) is 117 cm³/mol. The Morgan fingerprint density at radius 2 is 2.03 bits per heavy atom. The molecule has 3 rings (SSSR count). The van der Waals surface area contributed by atoms with Crippen molar-refractivity contribution in [1.82, 2.24) is 15.5 Å². The van der Waals surface area contributed by atoms with Gasteiger partial charge in [0.25, 0.3) is 0 Å². The number of rotatable bonds is 6. The molecule has 1 aromatic rings. The second-order valence-electron chi connectivity index (χ2n) is 8.25. The topological polar surface area (TPSA) is 66.0 Å². The van der Waals surface area contributed by atoms with Gasteiger partial charge in [0.2, 0.25) is 5.91 Å². The van der Waals surface area contributed by atoms with E-state index in [1.807, 2.05) is 13.0 Å². The zero-order valence-electron chi connectivity index (χ0n) is 18.2. The Balaban J connectivity index is 1.55. The van der Waals surface area contributed by atoms with Gasteiger partial charge in [0, 0.05) is 31.6 Å². The largest absolute Gasteiger partial charge is 0.496 e. The van der Waals surface area contributed by atoms with Gasteiger partial charge in [-0.05, 0) is 50.3 Å². The van der Waals surface area contributed by atoms with Gasteiger partial charge >= 0.3 is 0 Å². The van der Waals surface area contributed by atoms with E-state index in [-0.39, 0.29) is 12.0 Å². The highest BCUT2D eigenvalue weighted by molar-refractivity contribution is 5.81. The summed E-state index contributed by atoms with van der Waals surface area (Å²) in [4.78, 5) is 19.6. The molecule has 1 unspecified atom stereocenters. The van der Waals surface area contributed by atoms with Crippen molar-refractivity contribution in [2.75, 3.05) is 26.7 Å². The van der Waals surface area contributed by atoms with Crippen LogP contribution in [0.3, 0.4) is 0 Å². The lowest BCUT2D eigenvalue weighted by Gasteiger charge is -2.26. The Morgan fingerprint density at radius 1 is 1.24 bits per heavy atom. The number of hydrogen-bond acceptors (Lipinski definition) is 3. The fourth-order valence-electron chi connectivity index (χ4n) is 4.41. The molecule has 1 aromatic carbocycles. The fourth-order valence-corrected chi connectivity index (χ4v) is 4.41. The summed E-state index contributed by atoms with van der Waals surface area (Å²) in [5.41, 5.74) is 2.27. The van der Waals surface area contributed by atoms with Gasteiger partial charge in [0.1, 0.15) is 5.75 Å². The number of nitrogens with one attached hydrogen (secondary N) is 2. The van der Waals surface area contributed by atoms with Gasteiger partial charge in [-0.2, -0.15) is 0 Å². The number of ether oxygens (including phenoxy) is 1. The molecule has 0 aromatic heterocycles. The van der Waals surface area contributed by atoms with Gasteiger partial charge in [-0.3, -0.25) is 4.79 Å². The number of nitrogens with zero attached hydrogens (tertiary/aromatic N) is 2. The molecule has 29 heavy (non-hydrogen) atoms. The molecule has 2 fully saturated rings. The summed E-state index contributed by atoms with van der Waals surface area (Å²) < 4.78 is 5.33. The van der Waals surface area contributed by atoms with Crippen molar-refractivity contribution >= 4 is 11.9 Å². The molecule has 1 atom stereocenters. The van der Waals surface area contributed by atoms with Gasteiger partial charge in [0.05, 0.1) is 13.7 Å². The lowest BCUT2D eigenvalue weighted by atomic mass is 9.88. The van der Waals surface area contributed by atoms with Gasteiger partial charge < -0.3 is 20.3 Å². The van der Waals surface area contributed by atoms with E-state index in [0.29, 0.717) is 12.5 Å². The summed E-state index contributed by atoms with van der Waals surface area (Å²) in [6.07, 6.45) is 6.80. The molecule has 0 spiro atoms. The number of methoxy groups -OCH3 is 1. The van der Waals surface area contributed by atoms with Gasteiger partial charge in [-0.25, -0.2) is 4.99 Å². The van der Waals surface area contributed by atoms with Crippen LogP contribution in [0.4, 0.5) is 0 Å². The minimum atomic E-state index is 0.253. The number of likely N-dealkylation sites (tertiary alicyclic amines) is 1. The Kier molecular flexibility index (Phi) is 7.78. The quantitative estimate of drug-likeness (QED) is 0.568. The lowest BCUT2D eigenvalue weighted by molar-refractivity contribution is -0.135. The molecule has 1 heterocycles. The van der Waals surface area contributed by atoms with E-state index >= 15 is 0 Å². The molecule has 160 valence electrons. The SMILES string of the molecule is CCNC(=NCc1ccc(OC)c(C)c1)NC1CCN(C(=O)C2CCCCC2)C1. The first-order valence-corrected chi connectivity index (χ1v) is 11.1. The van der Waals surface area contributed by atoms with E-state index in [1.165, 1.54) is 19.3 Å². The summed E-state index contributed by atoms with van der Waals surface area (Å²) in [6.45, 7) is 7.17. The van der Waals surface area contributed by atoms with Crippen molar-refractivity contribution in [1.29, 1.82) is 0 Å². The van der Waals surface area contributed by atoms with Crippen LogP contribution >= 0.6 is 0 Å². The molecule has 1 saturated heterocycles. The van der Waals surface area contributed by atoms with Crippen LogP contribution in [0.5, 0.6) is 5.75 Å². The maximum Gasteiger partial charge on any atom is 0.225 e. The van der Waals surface area contributed by atoms with Gasteiger partial charge in [-0.1, -0.05) is 31.4 Å². The number of guanidine groups is 1. The maximum atomic E-state index is 12.8. The first kappa shape index (κ1) is 21.5. The number of aryl methyl sites for hydroxylation is 1. The Labute approximate surface area is 175 Å². The van der Waals surface area contributed by atoms with Crippen molar-refractivity contribution in [3.63, 3.8) is 0 Å². The lowest BCUT2D eigenvalue weighted by Crippen LogP contribution is -2.45. The van der Waals surface area contributed by atoms with Crippen LogP contribution in [0.1, 0.15) is 56.6 Å². The first-order valence-electron chi connectivity index (χ1n) is 11.1. The highest BCUT2D eigenvalue weighted by Crippen LogP contribution is 2.26. The van der Waals surface area contributed by atoms with Crippen molar-refractivity contribution in [3.05, 3.63) is 29.3 Å². The Morgan fingerprint density at radius 3 is 2.72 bits per heavy atom. The van der Waals surface area contributed by atoms with Gasteiger partial charge in [-0.15, -0.1) is 0 Å². The highest BCUT2D eigenvalue weighted by atomic mass is 16.5. The molecular formula is C23H36N4O2. The van der Waals surface area contributed by atoms with Crippen molar-refractivity contribution in [3.8, 4) is 5.75 Å². The predicted octanol–water partition coefficient (Wildman–Crippen LogP) is 3.24. The standard InChI is InChI=1S/C23H36N4O2/c1-4-24-23(25-15-18-10-11-21(29-3)17(2)14-18)26-20-12-13-27(16-20)22(28)19-8-6-5-7-9-19/h10-11,14,19-20H,4-9,12-13,15-16H2,1-3H3,(H2,24,25,26). The van der Waals surface area contributed by atoms with Crippen LogP contribution in [0.15, 0.2) is 23.2 Å². The average molecular weight is 401 g/mol.